The van der Waals surface area contributed by atoms with E-state index in [2.05, 4.69) is 11.8 Å². The summed E-state index contributed by atoms with van der Waals surface area (Å²) in [6.45, 7) is 6.40. The monoisotopic (exact) mass is 200 g/mol. The molecule has 0 aromatic heterocycles. The van der Waals surface area contributed by atoms with E-state index in [0.29, 0.717) is 0 Å². The molecule has 1 aliphatic heterocycles. The molecule has 0 spiro atoms. The van der Waals surface area contributed by atoms with Crippen LogP contribution in [0, 0.1) is 0 Å². The molecule has 4 heteroatoms. The summed E-state index contributed by atoms with van der Waals surface area (Å²) in [5.74, 6) is -0.139. The molecule has 1 rings (SSSR count). The van der Waals surface area contributed by atoms with Crippen LogP contribution >= 0.6 is 0 Å². The average Bonchev–Trinajstić information content (AvgIpc) is 2.26. The zero-order chi connectivity index (χ0) is 10.4. The second kappa shape index (κ2) is 5.98. The van der Waals surface area contributed by atoms with E-state index >= 15 is 0 Å². The van der Waals surface area contributed by atoms with Gasteiger partial charge in [-0.1, -0.05) is 13.3 Å². The lowest BCUT2D eigenvalue weighted by molar-refractivity contribution is -0.135. The molecule has 1 N–H and O–H groups in total. The number of piperazine rings is 1. The minimum atomic E-state index is -0.352. The van der Waals surface area contributed by atoms with Gasteiger partial charge in [-0.2, -0.15) is 0 Å². The number of aliphatic hydroxyl groups is 1. The lowest BCUT2D eigenvalue weighted by Gasteiger charge is -2.34. The van der Waals surface area contributed by atoms with Crippen molar-refractivity contribution in [2.45, 2.75) is 19.8 Å². The van der Waals surface area contributed by atoms with Crippen molar-refractivity contribution in [2.75, 3.05) is 39.3 Å². The zero-order valence-corrected chi connectivity index (χ0v) is 8.91. The molecular formula is C10H20N2O2. The Bertz CT molecular complexity index is 177. The van der Waals surface area contributed by atoms with Crippen molar-refractivity contribution >= 4 is 5.91 Å². The van der Waals surface area contributed by atoms with Crippen LogP contribution < -0.4 is 0 Å². The van der Waals surface area contributed by atoms with Gasteiger partial charge in [-0.3, -0.25) is 9.69 Å². The van der Waals surface area contributed by atoms with Gasteiger partial charge < -0.3 is 10.0 Å². The highest BCUT2D eigenvalue weighted by atomic mass is 16.3. The van der Waals surface area contributed by atoms with Crippen LogP contribution in [0.4, 0.5) is 0 Å². The first-order valence-electron chi connectivity index (χ1n) is 5.39. The standard InChI is InChI=1S/C10H20N2O2/c1-2-3-4-11-5-7-12(8-6-11)10(14)9-13/h13H,2-9H2,1H3. The second-order valence-corrected chi connectivity index (χ2v) is 3.73. The Balaban J connectivity index is 2.20. The van der Waals surface area contributed by atoms with Crippen molar-refractivity contribution in [1.29, 1.82) is 0 Å². The van der Waals surface area contributed by atoms with Crippen molar-refractivity contribution in [3.05, 3.63) is 0 Å². The Kier molecular flexibility index (Phi) is 4.90. The summed E-state index contributed by atoms with van der Waals surface area (Å²) < 4.78 is 0. The van der Waals surface area contributed by atoms with Gasteiger partial charge in [0.05, 0.1) is 0 Å². The minimum absolute atomic E-state index is 0.139. The number of carbonyl (C=O) groups excluding carboxylic acids is 1. The van der Waals surface area contributed by atoms with E-state index in [0.717, 1.165) is 32.7 Å². The fourth-order valence-corrected chi connectivity index (χ4v) is 1.70. The van der Waals surface area contributed by atoms with Crippen LogP contribution in [0.3, 0.4) is 0 Å². The van der Waals surface area contributed by atoms with Crippen molar-refractivity contribution < 1.29 is 9.90 Å². The molecule has 0 aromatic carbocycles. The van der Waals surface area contributed by atoms with Gasteiger partial charge in [-0.25, -0.2) is 0 Å². The van der Waals surface area contributed by atoms with Crippen LogP contribution in [-0.4, -0.2) is 60.1 Å². The second-order valence-electron chi connectivity index (χ2n) is 3.73. The first kappa shape index (κ1) is 11.5. The molecule has 1 aliphatic rings. The molecule has 1 saturated heterocycles. The van der Waals surface area contributed by atoms with Gasteiger partial charge >= 0.3 is 0 Å². The van der Waals surface area contributed by atoms with E-state index < -0.39 is 0 Å². The predicted octanol–water partition coefficient (Wildman–Crippen LogP) is -0.0770. The summed E-state index contributed by atoms with van der Waals surface area (Å²) in [5.41, 5.74) is 0. The Hall–Kier alpha value is -0.610. The number of rotatable bonds is 4. The minimum Gasteiger partial charge on any atom is -0.387 e. The summed E-state index contributed by atoms with van der Waals surface area (Å²) in [7, 11) is 0. The van der Waals surface area contributed by atoms with E-state index in [1.165, 1.54) is 12.8 Å². The van der Waals surface area contributed by atoms with E-state index in [-0.39, 0.29) is 12.5 Å². The van der Waals surface area contributed by atoms with Crippen LogP contribution in [0.2, 0.25) is 0 Å². The molecule has 0 atom stereocenters. The van der Waals surface area contributed by atoms with Crippen molar-refractivity contribution in [2.24, 2.45) is 0 Å². The predicted molar refractivity (Wildman–Crippen MR) is 55.0 cm³/mol. The first-order valence-corrected chi connectivity index (χ1v) is 5.39. The fraction of sp³-hybridized carbons (Fsp3) is 0.900. The number of nitrogens with zero attached hydrogens (tertiary/aromatic N) is 2. The highest BCUT2D eigenvalue weighted by Crippen LogP contribution is 2.03. The molecule has 0 saturated carbocycles. The SMILES string of the molecule is CCCCN1CCN(C(=O)CO)CC1. The number of unbranched alkanes of at least 4 members (excludes halogenated alkanes) is 1. The van der Waals surface area contributed by atoms with Gasteiger partial charge in [0, 0.05) is 26.2 Å². The number of carbonyl (C=O) groups is 1. The molecular weight excluding hydrogens is 180 g/mol. The Morgan fingerprint density at radius 3 is 2.43 bits per heavy atom. The van der Waals surface area contributed by atoms with Crippen LogP contribution in [0.25, 0.3) is 0 Å². The zero-order valence-electron chi connectivity index (χ0n) is 8.91. The number of hydrogen-bond donors (Lipinski definition) is 1. The van der Waals surface area contributed by atoms with E-state index in [1.54, 1.807) is 4.90 Å². The molecule has 1 amide bonds. The Morgan fingerprint density at radius 1 is 1.29 bits per heavy atom. The smallest absolute Gasteiger partial charge is 0.248 e. The topological polar surface area (TPSA) is 43.8 Å². The number of hydrogen-bond acceptors (Lipinski definition) is 3. The number of aliphatic hydroxyl groups excluding tert-OH is 1. The van der Waals surface area contributed by atoms with Crippen LogP contribution in [0.15, 0.2) is 0 Å². The molecule has 1 fully saturated rings. The quantitative estimate of drug-likeness (QED) is 0.690. The summed E-state index contributed by atoms with van der Waals surface area (Å²) >= 11 is 0. The van der Waals surface area contributed by atoms with Crippen molar-refractivity contribution in [3.63, 3.8) is 0 Å². The highest BCUT2D eigenvalue weighted by Gasteiger charge is 2.19. The lowest BCUT2D eigenvalue weighted by atomic mass is 10.2. The van der Waals surface area contributed by atoms with Crippen molar-refractivity contribution in [3.8, 4) is 0 Å². The summed E-state index contributed by atoms with van der Waals surface area (Å²) in [6, 6.07) is 0. The molecule has 4 nitrogen and oxygen atoms in total. The summed E-state index contributed by atoms with van der Waals surface area (Å²) in [4.78, 5) is 15.3. The third-order valence-corrected chi connectivity index (χ3v) is 2.69. The normalized spacial score (nSPS) is 18.6. The van der Waals surface area contributed by atoms with Gasteiger partial charge in [0.15, 0.2) is 0 Å². The maximum Gasteiger partial charge on any atom is 0.248 e. The van der Waals surface area contributed by atoms with E-state index in [1.807, 2.05) is 0 Å². The summed E-state index contributed by atoms with van der Waals surface area (Å²) in [5, 5.41) is 8.69. The molecule has 0 aromatic rings. The molecule has 82 valence electrons. The third-order valence-electron chi connectivity index (χ3n) is 2.69. The number of amides is 1. The van der Waals surface area contributed by atoms with Gasteiger partial charge in [-0.15, -0.1) is 0 Å². The van der Waals surface area contributed by atoms with Crippen molar-refractivity contribution in [1.82, 2.24) is 9.80 Å². The van der Waals surface area contributed by atoms with Gasteiger partial charge in [0.25, 0.3) is 0 Å². The maximum atomic E-state index is 11.1. The molecule has 0 radical (unpaired) electrons. The fourth-order valence-electron chi connectivity index (χ4n) is 1.70. The van der Waals surface area contributed by atoms with Gasteiger partial charge in [-0.05, 0) is 13.0 Å². The van der Waals surface area contributed by atoms with Crippen LogP contribution in [0.1, 0.15) is 19.8 Å². The van der Waals surface area contributed by atoms with E-state index in [4.69, 9.17) is 5.11 Å². The van der Waals surface area contributed by atoms with Crippen LogP contribution in [0.5, 0.6) is 0 Å². The first-order chi connectivity index (χ1) is 6.77. The largest absolute Gasteiger partial charge is 0.387 e. The highest BCUT2D eigenvalue weighted by molar-refractivity contribution is 5.77. The Labute approximate surface area is 85.5 Å². The lowest BCUT2D eigenvalue weighted by Crippen LogP contribution is -2.49. The average molecular weight is 200 g/mol. The van der Waals surface area contributed by atoms with Gasteiger partial charge in [0.2, 0.25) is 5.91 Å². The molecule has 0 bridgehead atoms. The molecule has 0 unspecified atom stereocenters. The van der Waals surface area contributed by atoms with Gasteiger partial charge in [0.1, 0.15) is 6.61 Å². The Morgan fingerprint density at radius 2 is 1.93 bits per heavy atom. The molecule has 14 heavy (non-hydrogen) atoms. The summed E-state index contributed by atoms with van der Waals surface area (Å²) in [6.07, 6.45) is 2.45. The molecule has 0 aliphatic carbocycles. The maximum absolute atomic E-state index is 11.1. The van der Waals surface area contributed by atoms with Crippen LogP contribution in [-0.2, 0) is 4.79 Å². The van der Waals surface area contributed by atoms with E-state index in [9.17, 15) is 4.79 Å². The molecule has 1 heterocycles. The third kappa shape index (κ3) is 3.27.